The van der Waals surface area contributed by atoms with Crippen LogP contribution in [-0.2, 0) is 4.79 Å². The summed E-state index contributed by atoms with van der Waals surface area (Å²) in [6, 6.07) is 8.04. The molecule has 1 aliphatic heterocycles. The molecule has 0 fully saturated rings. The summed E-state index contributed by atoms with van der Waals surface area (Å²) in [6.07, 6.45) is 0. The molecule has 0 radical (unpaired) electrons. The van der Waals surface area contributed by atoms with E-state index in [4.69, 9.17) is 0 Å². The predicted molar refractivity (Wildman–Crippen MR) is 53.5 cm³/mol. The predicted octanol–water partition coefficient (Wildman–Crippen LogP) is 1.61. The van der Waals surface area contributed by atoms with Crippen molar-refractivity contribution in [1.82, 2.24) is 5.43 Å². The van der Waals surface area contributed by atoms with Gasteiger partial charge in [0, 0.05) is 11.8 Å². The third-order valence-electron chi connectivity index (χ3n) is 1.80. The van der Waals surface area contributed by atoms with E-state index in [0.717, 1.165) is 11.6 Å². The van der Waals surface area contributed by atoms with Crippen LogP contribution in [0.1, 0.15) is 6.92 Å². The lowest BCUT2D eigenvalue weighted by molar-refractivity contribution is -0.119. The summed E-state index contributed by atoms with van der Waals surface area (Å²) in [6.45, 7) is 1.52. The second-order valence-electron chi connectivity index (χ2n) is 2.84. The normalized spacial score (nSPS) is 14.1. The molecule has 2 rings (SSSR count). The number of hydrogen-bond donors (Lipinski definition) is 1. The Bertz CT molecular complexity index is 340. The minimum atomic E-state index is -0.0303. The number of benzene rings is 1. The van der Waals surface area contributed by atoms with E-state index in [1.54, 1.807) is 11.8 Å². The molecule has 3 nitrogen and oxygen atoms in total. The lowest BCUT2D eigenvalue weighted by Crippen LogP contribution is -2.38. The van der Waals surface area contributed by atoms with Gasteiger partial charge in [-0.3, -0.25) is 15.2 Å². The van der Waals surface area contributed by atoms with Gasteiger partial charge in [-0.15, -0.1) is 11.8 Å². The van der Waals surface area contributed by atoms with E-state index < -0.39 is 0 Å². The Hall–Kier alpha value is -1.16. The van der Waals surface area contributed by atoms with Crippen LogP contribution in [0.15, 0.2) is 29.2 Å². The molecule has 68 valence electrons. The van der Waals surface area contributed by atoms with E-state index in [-0.39, 0.29) is 5.91 Å². The number of nitrogens with zero attached hydrogens (tertiary/aromatic N) is 1. The van der Waals surface area contributed by atoms with Crippen LogP contribution in [0.5, 0.6) is 0 Å². The topological polar surface area (TPSA) is 32.3 Å². The zero-order valence-corrected chi connectivity index (χ0v) is 8.10. The number of carbonyl (C=O) groups excluding carboxylic acids is 1. The van der Waals surface area contributed by atoms with Gasteiger partial charge in [-0.25, -0.2) is 0 Å². The maximum Gasteiger partial charge on any atom is 0.235 e. The monoisotopic (exact) mass is 194 g/mol. The van der Waals surface area contributed by atoms with Crippen LogP contribution in [0.4, 0.5) is 5.69 Å². The van der Waals surface area contributed by atoms with E-state index in [9.17, 15) is 4.79 Å². The number of fused-ring (bicyclic) bond motifs is 1. The first-order valence-electron chi connectivity index (χ1n) is 4.04. The Kier molecular flexibility index (Phi) is 2.14. The molecule has 0 atom stereocenters. The zero-order valence-electron chi connectivity index (χ0n) is 7.28. The lowest BCUT2D eigenvalue weighted by Gasteiger charge is -2.17. The number of nitrogens with one attached hydrogen (secondary N) is 1. The first kappa shape index (κ1) is 8.44. The van der Waals surface area contributed by atoms with Crippen molar-refractivity contribution < 1.29 is 4.79 Å². The highest BCUT2D eigenvalue weighted by atomic mass is 32.2. The summed E-state index contributed by atoms with van der Waals surface area (Å²) in [5, 5.41) is 1.86. The van der Waals surface area contributed by atoms with Gasteiger partial charge in [0.1, 0.15) is 0 Å². The highest BCUT2D eigenvalue weighted by molar-refractivity contribution is 7.99. The summed E-state index contributed by atoms with van der Waals surface area (Å²) < 4.78 is 0. The molecular formula is C9H10N2OS. The highest BCUT2D eigenvalue weighted by Crippen LogP contribution is 2.36. The number of anilines is 1. The van der Waals surface area contributed by atoms with Crippen molar-refractivity contribution in [3.05, 3.63) is 24.3 Å². The minimum Gasteiger partial charge on any atom is -0.274 e. The molecule has 13 heavy (non-hydrogen) atoms. The fourth-order valence-corrected chi connectivity index (χ4v) is 2.26. The number of carbonyl (C=O) groups is 1. The van der Waals surface area contributed by atoms with Gasteiger partial charge in [-0.05, 0) is 12.1 Å². The molecule has 1 amide bonds. The van der Waals surface area contributed by atoms with Crippen molar-refractivity contribution in [2.24, 2.45) is 0 Å². The Morgan fingerprint density at radius 3 is 3.08 bits per heavy atom. The van der Waals surface area contributed by atoms with Gasteiger partial charge < -0.3 is 0 Å². The molecule has 1 aliphatic rings. The number of rotatable bonds is 1. The first-order valence-corrected chi connectivity index (χ1v) is 5.02. The van der Waals surface area contributed by atoms with Gasteiger partial charge in [0.05, 0.1) is 11.6 Å². The van der Waals surface area contributed by atoms with Gasteiger partial charge in [-0.1, -0.05) is 12.1 Å². The maximum absolute atomic E-state index is 10.8. The third-order valence-corrected chi connectivity index (χ3v) is 2.84. The second kappa shape index (κ2) is 3.30. The number of para-hydroxylation sites is 1. The van der Waals surface area contributed by atoms with Crippen LogP contribution in [0.3, 0.4) is 0 Å². The van der Waals surface area contributed by atoms with Gasteiger partial charge in [0.2, 0.25) is 5.91 Å². The van der Waals surface area contributed by atoms with E-state index in [1.807, 2.05) is 23.2 Å². The summed E-state index contributed by atoms with van der Waals surface area (Å²) in [7, 11) is 0. The largest absolute Gasteiger partial charge is 0.274 e. The summed E-state index contributed by atoms with van der Waals surface area (Å²) in [5.41, 5.74) is 3.86. The molecule has 1 aromatic rings. The highest BCUT2D eigenvalue weighted by Gasteiger charge is 2.19. The smallest absolute Gasteiger partial charge is 0.235 e. The Balaban J connectivity index is 2.23. The SMILES string of the molecule is CC(=O)NN1CSc2ccccc21. The summed E-state index contributed by atoms with van der Waals surface area (Å²) in [5.74, 6) is 0.760. The van der Waals surface area contributed by atoms with Crippen molar-refractivity contribution in [2.75, 3.05) is 10.9 Å². The third kappa shape index (κ3) is 1.62. The first-order chi connectivity index (χ1) is 6.27. The molecule has 1 N–H and O–H groups in total. The summed E-state index contributed by atoms with van der Waals surface area (Å²) in [4.78, 5) is 12.1. The molecule has 4 heteroatoms. The van der Waals surface area contributed by atoms with Crippen LogP contribution in [-0.4, -0.2) is 11.8 Å². The molecule has 0 spiro atoms. The van der Waals surface area contributed by atoms with Crippen molar-refractivity contribution >= 4 is 23.4 Å². The second-order valence-corrected chi connectivity index (χ2v) is 3.82. The molecule has 0 unspecified atom stereocenters. The fourth-order valence-electron chi connectivity index (χ4n) is 1.29. The molecule has 0 bridgehead atoms. The zero-order chi connectivity index (χ0) is 9.26. The molecule has 1 heterocycles. The van der Waals surface area contributed by atoms with Crippen LogP contribution < -0.4 is 10.4 Å². The van der Waals surface area contributed by atoms with Crippen LogP contribution in [0, 0.1) is 0 Å². The quantitative estimate of drug-likeness (QED) is 0.737. The van der Waals surface area contributed by atoms with E-state index in [2.05, 4.69) is 11.5 Å². The van der Waals surface area contributed by atoms with Crippen molar-refractivity contribution in [3.63, 3.8) is 0 Å². The van der Waals surface area contributed by atoms with E-state index >= 15 is 0 Å². The van der Waals surface area contributed by atoms with Crippen LogP contribution >= 0.6 is 11.8 Å². The van der Waals surface area contributed by atoms with Crippen molar-refractivity contribution in [2.45, 2.75) is 11.8 Å². The van der Waals surface area contributed by atoms with Gasteiger partial charge in [0.25, 0.3) is 0 Å². The van der Waals surface area contributed by atoms with Crippen LogP contribution in [0.2, 0.25) is 0 Å². The van der Waals surface area contributed by atoms with Crippen LogP contribution in [0.25, 0.3) is 0 Å². The Labute approximate surface area is 81.1 Å². The van der Waals surface area contributed by atoms with Gasteiger partial charge in [-0.2, -0.15) is 0 Å². The Morgan fingerprint density at radius 1 is 1.54 bits per heavy atom. The average Bonchev–Trinajstić information content (AvgIpc) is 2.48. The Morgan fingerprint density at radius 2 is 2.31 bits per heavy atom. The maximum atomic E-state index is 10.8. The van der Waals surface area contributed by atoms with Crippen molar-refractivity contribution in [3.8, 4) is 0 Å². The number of amides is 1. The van der Waals surface area contributed by atoms with E-state index in [1.165, 1.54) is 11.8 Å². The van der Waals surface area contributed by atoms with Gasteiger partial charge in [0.15, 0.2) is 0 Å². The molecule has 0 saturated heterocycles. The molecule has 1 aromatic carbocycles. The number of hydrogen-bond acceptors (Lipinski definition) is 3. The standard InChI is InChI=1S/C9H10N2OS/c1-7(12)10-11-6-13-9-5-3-2-4-8(9)11/h2-5H,6H2,1H3,(H,10,12). The lowest BCUT2D eigenvalue weighted by atomic mass is 10.3. The average molecular weight is 194 g/mol. The molecule has 0 saturated carbocycles. The van der Waals surface area contributed by atoms with Gasteiger partial charge >= 0.3 is 0 Å². The summed E-state index contributed by atoms with van der Waals surface area (Å²) >= 11 is 1.73. The van der Waals surface area contributed by atoms with E-state index in [0.29, 0.717) is 0 Å². The number of hydrazine groups is 1. The molecule has 0 aliphatic carbocycles. The molecular weight excluding hydrogens is 184 g/mol. The molecule has 0 aromatic heterocycles. The minimum absolute atomic E-state index is 0.0303. The van der Waals surface area contributed by atoms with Crippen molar-refractivity contribution in [1.29, 1.82) is 0 Å². The number of thioether (sulfide) groups is 1. The fraction of sp³-hybridized carbons (Fsp3) is 0.222.